The van der Waals surface area contributed by atoms with E-state index in [-0.39, 0.29) is 0 Å². The van der Waals surface area contributed by atoms with E-state index in [1.165, 1.54) is 10.1 Å². The van der Waals surface area contributed by atoms with Crippen molar-refractivity contribution in [2.24, 2.45) is 0 Å². The average Bonchev–Trinajstić information content (AvgIpc) is 2.04. The molecule has 0 radical (unpaired) electrons. The van der Waals surface area contributed by atoms with Crippen molar-refractivity contribution < 1.29 is 0 Å². The maximum atomic E-state index is 5.44. The highest BCUT2D eigenvalue weighted by Crippen LogP contribution is 2.10. The van der Waals surface area contributed by atoms with Crippen molar-refractivity contribution in [3.63, 3.8) is 0 Å². The zero-order valence-corrected chi connectivity index (χ0v) is 10.3. The van der Waals surface area contributed by atoms with Crippen LogP contribution in [-0.4, -0.2) is 12.6 Å². The maximum Gasteiger partial charge on any atom is 0.0866 e. The predicted molar refractivity (Wildman–Crippen MR) is 66.1 cm³/mol. The third-order valence-corrected chi connectivity index (χ3v) is 5.88. The number of thiocarbonyl (C=S) groups is 1. The van der Waals surface area contributed by atoms with Crippen molar-refractivity contribution in [1.29, 1.82) is 0 Å². The van der Waals surface area contributed by atoms with E-state index in [0.29, 0.717) is 0 Å². The van der Waals surface area contributed by atoms with Crippen molar-refractivity contribution in [2.45, 2.75) is 26.1 Å². The molecule has 0 N–H and O–H groups in total. The van der Waals surface area contributed by atoms with Crippen molar-refractivity contribution >= 4 is 24.8 Å². The van der Waals surface area contributed by atoms with E-state index in [1.54, 1.807) is 0 Å². The lowest BCUT2D eigenvalue weighted by Gasteiger charge is -2.17. The predicted octanol–water partition coefficient (Wildman–Crippen LogP) is 3.48. The molecule has 0 aliphatic carbocycles. The Bertz CT molecular complexity index is 285. The van der Waals surface area contributed by atoms with Gasteiger partial charge in [0.05, 0.1) is 8.07 Å². The third kappa shape index (κ3) is 3.41. The van der Waals surface area contributed by atoms with Gasteiger partial charge in [-0.05, 0) is 16.5 Å². The Kier molecular flexibility index (Phi) is 3.39. The van der Waals surface area contributed by atoms with Crippen LogP contribution in [0.15, 0.2) is 30.3 Å². The Hall–Kier alpha value is -0.473. The highest BCUT2D eigenvalue weighted by atomic mass is 32.1. The molecule has 13 heavy (non-hydrogen) atoms. The third-order valence-electron chi connectivity index (χ3n) is 2.04. The Morgan fingerprint density at radius 3 is 2.15 bits per heavy atom. The number of hydrogen-bond acceptors (Lipinski definition) is 1. The molecule has 1 aromatic rings. The molecule has 0 fully saturated rings. The van der Waals surface area contributed by atoms with E-state index < -0.39 is 8.07 Å². The van der Waals surface area contributed by atoms with Crippen LogP contribution >= 0.6 is 12.2 Å². The van der Waals surface area contributed by atoms with Crippen LogP contribution in [0, 0.1) is 0 Å². The van der Waals surface area contributed by atoms with Gasteiger partial charge >= 0.3 is 0 Å². The highest BCUT2D eigenvalue weighted by molar-refractivity contribution is 7.84. The van der Waals surface area contributed by atoms with Gasteiger partial charge in [-0.15, -0.1) is 0 Å². The van der Waals surface area contributed by atoms with Crippen LogP contribution in [-0.2, 0) is 6.42 Å². The molecule has 0 aliphatic heterocycles. The largest absolute Gasteiger partial charge is 0.0943 e. The van der Waals surface area contributed by atoms with Gasteiger partial charge < -0.3 is 0 Å². The van der Waals surface area contributed by atoms with Crippen LogP contribution in [0.5, 0.6) is 0 Å². The summed E-state index contributed by atoms with van der Waals surface area (Å²) in [6.45, 7) is 6.91. The van der Waals surface area contributed by atoms with Crippen molar-refractivity contribution in [2.75, 3.05) is 0 Å². The van der Waals surface area contributed by atoms with Crippen LogP contribution in [0.25, 0.3) is 0 Å². The summed E-state index contributed by atoms with van der Waals surface area (Å²) in [5, 5.41) is 0. The summed E-state index contributed by atoms with van der Waals surface area (Å²) in [7, 11) is -1.21. The van der Waals surface area contributed by atoms with Crippen LogP contribution < -0.4 is 0 Å². The monoisotopic (exact) mass is 208 g/mol. The molecule has 0 nitrogen and oxygen atoms in total. The molecule has 0 saturated carbocycles. The Morgan fingerprint density at radius 1 is 1.15 bits per heavy atom. The van der Waals surface area contributed by atoms with Gasteiger partial charge in [0.25, 0.3) is 0 Å². The van der Waals surface area contributed by atoms with Gasteiger partial charge in [0.15, 0.2) is 0 Å². The maximum absolute atomic E-state index is 5.44. The minimum atomic E-state index is -1.21. The molecule has 0 bridgehead atoms. The van der Waals surface area contributed by atoms with Gasteiger partial charge in [0.2, 0.25) is 0 Å². The van der Waals surface area contributed by atoms with E-state index in [1.807, 2.05) is 6.07 Å². The Labute approximate surface area is 87.0 Å². The molecule has 0 unspecified atom stereocenters. The zero-order chi connectivity index (χ0) is 9.90. The van der Waals surface area contributed by atoms with E-state index in [4.69, 9.17) is 12.2 Å². The molecule has 2 heteroatoms. The summed E-state index contributed by atoms with van der Waals surface area (Å²) < 4.78 is 1.26. The van der Waals surface area contributed by atoms with Gasteiger partial charge in [-0.1, -0.05) is 62.2 Å². The first kappa shape index (κ1) is 10.6. The summed E-state index contributed by atoms with van der Waals surface area (Å²) >= 11 is 5.44. The first-order valence-corrected chi connectivity index (χ1v) is 8.48. The summed E-state index contributed by atoms with van der Waals surface area (Å²) in [5.41, 5.74) is 1.34. The van der Waals surface area contributed by atoms with E-state index in [0.717, 1.165) is 6.42 Å². The fraction of sp³-hybridized carbons (Fsp3) is 0.364. The number of hydrogen-bond donors (Lipinski definition) is 0. The summed E-state index contributed by atoms with van der Waals surface area (Å²) in [6.07, 6.45) is 0.978. The molecule has 0 heterocycles. The van der Waals surface area contributed by atoms with Gasteiger partial charge in [0.1, 0.15) is 0 Å². The molecule has 0 amide bonds. The first-order valence-electron chi connectivity index (χ1n) is 4.57. The van der Waals surface area contributed by atoms with Gasteiger partial charge in [-0.25, -0.2) is 0 Å². The van der Waals surface area contributed by atoms with Gasteiger partial charge in [-0.3, -0.25) is 0 Å². The van der Waals surface area contributed by atoms with Gasteiger partial charge in [-0.2, -0.15) is 0 Å². The molecule has 0 saturated heterocycles. The van der Waals surface area contributed by atoms with Crippen molar-refractivity contribution in [1.82, 2.24) is 0 Å². The second kappa shape index (κ2) is 4.16. The first-order chi connectivity index (χ1) is 6.00. The molecule has 70 valence electrons. The summed E-state index contributed by atoms with van der Waals surface area (Å²) in [4.78, 5) is 0. The molecular formula is C11H16SSi. The highest BCUT2D eigenvalue weighted by Gasteiger charge is 2.19. The Morgan fingerprint density at radius 2 is 1.69 bits per heavy atom. The van der Waals surface area contributed by atoms with E-state index in [2.05, 4.69) is 43.9 Å². The average molecular weight is 208 g/mol. The molecule has 1 rings (SSSR count). The molecule has 0 atom stereocenters. The van der Waals surface area contributed by atoms with Gasteiger partial charge in [0, 0.05) is 0 Å². The smallest absolute Gasteiger partial charge is 0.0866 e. The second-order valence-corrected chi connectivity index (χ2v) is 10.3. The summed E-state index contributed by atoms with van der Waals surface area (Å²) in [5.74, 6) is 0. The molecule has 0 spiro atoms. The fourth-order valence-corrected chi connectivity index (χ4v) is 1.95. The SMILES string of the molecule is C[Si](C)(C)C(=S)Cc1ccccc1. The molecule has 0 aromatic heterocycles. The van der Waals surface area contributed by atoms with Crippen LogP contribution in [0.2, 0.25) is 19.6 Å². The van der Waals surface area contributed by atoms with Crippen LogP contribution in [0.3, 0.4) is 0 Å². The fourth-order valence-electron chi connectivity index (χ4n) is 1.05. The minimum absolute atomic E-state index is 0.978. The van der Waals surface area contributed by atoms with E-state index >= 15 is 0 Å². The Balaban J connectivity index is 2.66. The quantitative estimate of drug-likeness (QED) is 0.541. The zero-order valence-electron chi connectivity index (χ0n) is 8.50. The topological polar surface area (TPSA) is 0 Å². The number of benzene rings is 1. The second-order valence-electron chi connectivity index (χ2n) is 4.34. The lowest BCUT2D eigenvalue weighted by molar-refractivity contribution is 1.36. The number of rotatable bonds is 3. The summed E-state index contributed by atoms with van der Waals surface area (Å²) in [6, 6.07) is 10.5. The normalized spacial score (nSPS) is 11.3. The van der Waals surface area contributed by atoms with Crippen LogP contribution in [0.4, 0.5) is 0 Å². The van der Waals surface area contributed by atoms with Crippen molar-refractivity contribution in [3.8, 4) is 0 Å². The minimum Gasteiger partial charge on any atom is -0.0943 e. The van der Waals surface area contributed by atoms with Crippen LogP contribution in [0.1, 0.15) is 5.56 Å². The molecule has 0 aliphatic rings. The standard InChI is InChI=1S/C11H16SSi/c1-13(2,3)11(12)9-10-7-5-4-6-8-10/h4-8H,9H2,1-3H3. The molecule has 1 aromatic carbocycles. The van der Waals surface area contributed by atoms with E-state index in [9.17, 15) is 0 Å². The van der Waals surface area contributed by atoms with Crippen molar-refractivity contribution in [3.05, 3.63) is 35.9 Å². The molecular weight excluding hydrogens is 192 g/mol. The lowest BCUT2D eigenvalue weighted by Crippen LogP contribution is -2.33. The lowest BCUT2D eigenvalue weighted by atomic mass is 10.2.